The summed E-state index contributed by atoms with van der Waals surface area (Å²) < 4.78 is 7.87. The van der Waals surface area contributed by atoms with Crippen molar-refractivity contribution in [1.82, 2.24) is 19.9 Å². The van der Waals surface area contributed by atoms with E-state index in [-0.39, 0.29) is 23.7 Å². The van der Waals surface area contributed by atoms with Gasteiger partial charge in [-0.3, -0.25) is 9.36 Å². The van der Waals surface area contributed by atoms with E-state index >= 15 is 0 Å². The van der Waals surface area contributed by atoms with Gasteiger partial charge in [0.05, 0.1) is 6.04 Å². The Hall–Kier alpha value is -2.93. The molecular weight excluding hydrogens is 402 g/mol. The SMILES string of the molecule is CC(Nc1ncc2ccc(=O)n(C(C)C(C)C)c2n1)c1ccc(OC2CCNCC2)cc1. The van der Waals surface area contributed by atoms with Crippen molar-refractivity contribution >= 4 is 17.0 Å². The summed E-state index contributed by atoms with van der Waals surface area (Å²) in [5.74, 6) is 1.73. The van der Waals surface area contributed by atoms with Crippen molar-refractivity contribution in [2.75, 3.05) is 18.4 Å². The second-order valence-corrected chi connectivity index (χ2v) is 9.00. The summed E-state index contributed by atoms with van der Waals surface area (Å²) >= 11 is 0. The monoisotopic (exact) mass is 435 g/mol. The van der Waals surface area contributed by atoms with Gasteiger partial charge in [0.15, 0.2) is 0 Å². The zero-order chi connectivity index (χ0) is 22.7. The summed E-state index contributed by atoms with van der Waals surface area (Å²) in [5.41, 5.74) is 1.74. The molecule has 32 heavy (non-hydrogen) atoms. The molecule has 4 rings (SSSR count). The standard InChI is InChI=1S/C25H33N5O2/c1-16(2)18(4)30-23(31)10-7-20-15-27-25(29-24(20)30)28-17(3)19-5-8-21(9-6-19)32-22-11-13-26-14-12-22/h5-10,15-18,22,26H,11-14H2,1-4H3,(H,27,28,29). The molecule has 0 saturated carbocycles. The molecule has 3 heterocycles. The highest BCUT2D eigenvalue weighted by Crippen LogP contribution is 2.24. The summed E-state index contributed by atoms with van der Waals surface area (Å²) in [6, 6.07) is 11.6. The quantitative estimate of drug-likeness (QED) is 0.576. The number of fused-ring (bicyclic) bond motifs is 1. The van der Waals surface area contributed by atoms with Gasteiger partial charge >= 0.3 is 0 Å². The number of pyridine rings is 1. The Kier molecular flexibility index (Phi) is 6.74. The Balaban J connectivity index is 1.51. The van der Waals surface area contributed by atoms with Crippen LogP contribution in [0.3, 0.4) is 0 Å². The molecule has 170 valence electrons. The zero-order valence-corrected chi connectivity index (χ0v) is 19.3. The van der Waals surface area contributed by atoms with Gasteiger partial charge in [0.2, 0.25) is 5.95 Å². The van der Waals surface area contributed by atoms with Crippen molar-refractivity contribution in [3.63, 3.8) is 0 Å². The topological polar surface area (TPSA) is 81.1 Å². The van der Waals surface area contributed by atoms with Gasteiger partial charge in [-0.05, 0) is 69.5 Å². The number of hydrogen-bond acceptors (Lipinski definition) is 6. The lowest BCUT2D eigenvalue weighted by Gasteiger charge is -2.24. The third-order valence-electron chi connectivity index (χ3n) is 6.35. The van der Waals surface area contributed by atoms with Gasteiger partial charge in [-0.25, -0.2) is 4.98 Å². The number of aromatic nitrogens is 3. The highest BCUT2D eigenvalue weighted by Gasteiger charge is 2.17. The zero-order valence-electron chi connectivity index (χ0n) is 19.3. The number of piperidine rings is 1. The summed E-state index contributed by atoms with van der Waals surface area (Å²) in [7, 11) is 0. The fourth-order valence-electron chi connectivity index (χ4n) is 4.02. The molecular formula is C25H33N5O2. The van der Waals surface area contributed by atoms with Gasteiger partial charge < -0.3 is 15.4 Å². The molecule has 2 N–H and O–H groups in total. The molecule has 1 aromatic carbocycles. The van der Waals surface area contributed by atoms with Crippen molar-refractivity contribution < 1.29 is 4.74 Å². The first kappa shape index (κ1) is 22.3. The highest BCUT2D eigenvalue weighted by atomic mass is 16.5. The van der Waals surface area contributed by atoms with Crippen molar-refractivity contribution in [3.05, 3.63) is 58.5 Å². The van der Waals surface area contributed by atoms with Crippen molar-refractivity contribution in [1.29, 1.82) is 0 Å². The molecule has 3 aromatic rings. The van der Waals surface area contributed by atoms with Crippen LogP contribution in [-0.4, -0.2) is 33.7 Å². The second kappa shape index (κ2) is 9.69. The Morgan fingerprint density at radius 2 is 1.78 bits per heavy atom. The van der Waals surface area contributed by atoms with Gasteiger partial charge in [0, 0.05) is 23.7 Å². The third-order valence-corrected chi connectivity index (χ3v) is 6.35. The van der Waals surface area contributed by atoms with Crippen LogP contribution in [0.15, 0.2) is 47.4 Å². The van der Waals surface area contributed by atoms with E-state index < -0.39 is 0 Å². The minimum absolute atomic E-state index is 0.00628. The maximum Gasteiger partial charge on any atom is 0.252 e. The number of nitrogens with zero attached hydrogens (tertiary/aromatic N) is 3. The largest absolute Gasteiger partial charge is 0.490 e. The summed E-state index contributed by atoms with van der Waals surface area (Å²) in [4.78, 5) is 21.8. The van der Waals surface area contributed by atoms with E-state index in [4.69, 9.17) is 9.72 Å². The summed E-state index contributed by atoms with van der Waals surface area (Å²) in [6.07, 6.45) is 4.14. The molecule has 7 heteroatoms. The average molecular weight is 436 g/mol. The maximum atomic E-state index is 12.6. The van der Waals surface area contributed by atoms with E-state index in [2.05, 4.69) is 55.4 Å². The highest BCUT2D eigenvalue weighted by molar-refractivity contribution is 5.75. The number of rotatable bonds is 7. The van der Waals surface area contributed by atoms with Crippen LogP contribution in [0.4, 0.5) is 5.95 Å². The number of nitrogens with one attached hydrogen (secondary N) is 2. The second-order valence-electron chi connectivity index (χ2n) is 9.00. The molecule has 0 spiro atoms. The van der Waals surface area contributed by atoms with Crippen LogP contribution in [-0.2, 0) is 0 Å². The predicted octanol–water partition coefficient (Wildman–Crippen LogP) is 4.31. The van der Waals surface area contributed by atoms with Crippen molar-refractivity contribution in [2.24, 2.45) is 5.92 Å². The maximum absolute atomic E-state index is 12.6. The van der Waals surface area contributed by atoms with E-state index in [9.17, 15) is 4.79 Å². The lowest BCUT2D eigenvalue weighted by molar-refractivity contribution is 0.162. The fourth-order valence-corrected chi connectivity index (χ4v) is 4.02. The summed E-state index contributed by atoms with van der Waals surface area (Å²) in [6.45, 7) is 10.4. The van der Waals surface area contributed by atoms with Crippen molar-refractivity contribution in [2.45, 2.75) is 58.7 Å². The predicted molar refractivity (Wildman–Crippen MR) is 128 cm³/mol. The molecule has 0 amide bonds. The Bertz CT molecular complexity index is 1100. The lowest BCUT2D eigenvalue weighted by atomic mass is 10.1. The third kappa shape index (κ3) is 4.93. The van der Waals surface area contributed by atoms with Crippen LogP contribution in [0.2, 0.25) is 0 Å². The molecule has 1 aliphatic rings. The molecule has 0 radical (unpaired) electrons. The van der Waals surface area contributed by atoms with Gasteiger partial charge in [-0.15, -0.1) is 0 Å². The van der Waals surface area contributed by atoms with E-state index in [1.807, 2.05) is 12.1 Å². The Morgan fingerprint density at radius 1 is 1.06 bits per heavy atom. The smallest absolute Gasteiger partial charge is 0.252 e. The van der Waals surface area contributed by atoms with Crippen LogP contribution in [0.25, 0.3) is 11.0 Å². The van der Waals surface area contributed by atoms with Gasteiger partial charge in [0.1, 0.15) is 17.5 Å². The first-order valence-corrected chi connectivity index (χ1v) is 11.5. The molecule has 2 unspecified atom stereocenters. The van der Waals surface area contributed by atoms with Gasteiger partial charge in [-0.1, -0.05) is 26.0 Å². The normalized spacial score (nSPS) is 16.8. The molecule has 2 atom stereocenters. The summed E-state index contributed by atoms with van der Waals surface area (Å²) in [5, 5.41) is 7.59. The molecule has 1 saturated heterocycles. The average Bonchev–Trinajstić information content (AvgIpc) is 2.79. The van der Waals surface area contributed by atoms with Crippen molar-refractivity contribution in [3.8, 4) is 5.75 Å². The molecule has 2 aromatic heterocycles. The Labute approximate surface area is 189 Å². The van der Waals surface area contributed by atoms with E-state index in [0.29, 0.717) is 17.5 Å². The number of ether oxygens (including phenoxy) is 1. The fraction of sp³-hybridized carbons (Fsp3) is 0.480. The van der Waals surface area contributed by atoms with E-state index in [0.717, 1.165) is 42.6 Å². The molecule has 1 aliphatic heterocycles. The molecule has 1 fully saturated rings. The van der Waals surface area contributed by atoms with Crippen LogP contribution in [0.1, 0.15) is 58.2 Å². The molecule has 0 aliphatic carbocycles. The molecule has 0 bridgehead atoms. The molecule has 7 nitrogen and oxygen atoms in total. The van der Waals surface area contributed by atoms with Crippen LogP contribution >= 0.6 is 0 Å². The first-order valence-electron chi connectivity index (χ1n) is 11.5. The van der Waals surface area contributed by atoms with Gasteiger partial charge in [0.25, 0.3) is 5.56 Å². The number of hydrogen-bond donors (Lipinski definition) is 2. The minimum Gasteiger partial charge on any atom is -0.490 e. The first-order chi connectivity index (χ1) is 15.4. The Morgan fingerprint density at radius 3 is 2.47 bits per heavy atom. The van der Waals surface area contributed by atoms with Crippen LogP contribution in [0.5, 0.6) is 5.75 Å². The van der Waals surface area contributed by atoms with E-state index in [1.165, 1.54) is 0 Å². The minimum atomic E-state index is -0.0410. The van der Waals surface area contributed by atoms with E-state index in [1.54, 1.807) is 22.9 Å². The van der Waals surface area contributed by atoms with Crippen LogP contribution in [0, 0.1) is 5.92 Å². The lowest BCUT2D eigenvalue weighted by Crippen LogP contribution is -2.34. The van der Waals surface area contributed by atoms with Gasteiger partial charge in [-0.2, -0.15) is 4.98 Å². The number of anilines is 1. The van der Waals surface area contributed by atoms with Crippen LogP contribution < -0.4 is 20.9 Å². The number of benzene rings is 1.